The summed E-state index contributed by atoms with van der Waals surface area (Å²) in [6, 6.07) is 2.26. The van der Waals surface area contributed by atoms with Gasteiger partial charge in [0.2, 0.25) is 0 Å². The van der Waals surface area contributed by atoms with E-state index in [4.69, 9.17) is 11.0 Å². The van der Waals surface area contributed by atoms with Crippen molar-refractivity contribution in [2.24, 2.45) is 0 Å². The fourth-order valence-corrected chi connectivity index (χ4v) is 0.944. The molecule has 0 atom stereocenters. The molecule has 1 aromatic rings. The van der Waals surface area contributed by atoms with E-state index in [2.05, 4.69) is 4.98 Å². The molecule has 0 fully saturated rings. The lowest BCUT2D eigenvalue weighted by atomic mass is 10.1. The van der Waals surface area contributed by atoms with Crippen molar-refractivity contribution >= 4 is 5.82 Å². The number of nitrogens with zero attached hydrogens (tertiary/aromatic N) is 2. The van der Waals surface area contributed by atoms with Crippen LogP contribution in [0.4, 0.5) is 19.0 Å². The molecule has 0 aromatic carbocycles. The summed E-state index contributed by atoms with van der Waals surface area (Å²) in [5.41, 5.74) is 4.35. The van der Waals surface area contributed by atoms with Crippen LogP contribution >= 0.6 is 0 Å². The summed E-state index contributed by atoms with van der Waals surface area (Å²) < 4.78 is 37.2. The Kier molecular flexibility index (Phi) is 2.92. The first-order chi connectivity index (χ1) is 6.56. The zero-order valence-corrected chi connectivity index (χ0v) is 6.97. The second-order valence-electron chi connectivity index (χ2n) is 2.53. The van der Waals surface area contributed by atoms with Gasteiger partial charge in [-0.3, -0.25) is 0 Å². The molecule has 14 heavy (non-hydrogen) atoms. The molecule has 0 spiro atoms. The van der Waals surface area contributed by atoms with Crippen molar-refractivity contribution in [3.63, 3.8) is 0 Å². The van der Waals surface area contributed by atoms with E-state index in [1.54, 1.807) is 6.07 Å². The van der Waals surface area contributed by atoms with Crippen molar-refractivity contribution in [3.8, 4) is 6.07 Å². The van der Waals surface area contributed by atoms with Gasteiger partial charge in [-0.1, -0.05) is 0 Å². The normalized spacial score (nSPS) is 10.2. The van der Waals surface area contributed by atoms with Crippen LogP contribution in [0.25, 0.3) is 0 Å². The Morgan fingerprint density at radius 3 is 2.64 bits per heavy atom. The Balaban J connectivity index is 3.19. The maximum Gasteiger partial charge on any atom is 0.280 e. The summed E-state index contributed by atoms with van der Waals surface area (Å²) in [5.74, 6) is -1.28. The van der Waals surface area contributed by atoms with E-state index >= 15 is 0 Å². The Bertz CT molecular complexity index is 361. The van der Waals surface area contributed by atoms with Crippen LogP contribution in [0.2, 0.25) is 0 Å². The van der Waals surface area contributed by atoms with Gasteiger partial charge in [-0.05, 0) is 0 Å². The van der Waals surface area contributed by atoms with E-state index in [1.165, 1.54) is 0 Å². The van der Waals surface area contributed by atoms with Crippen molar-refractivity contribution in [3.05, 3.63) is 23.1 Å². The number of halogens is 3. The molecule has 0 bridgehead atoms. The van der Waals surface area contributed by atoms with Crippen LogP contribution in [0, 0.1) is 17.1 Å². The molecular weight excluding hydrogens is 195 g/mol. The summed E-state index contributed by atoms with van der Waals surface area (Å²) in [4.78, 5) is 3.29. The molecule has 6 heteroatoms. The monoisotopic (exact) mass is 201 g/mol. The Hall–Kier alpha value is -1.77. The van der Waals surface area contributed by atoms with E-state index < -0.39 is 17.9 Å². The number of pyridine rings is 1. The number of nitriles is 1. The van der Waals surface area contributed by atoms with Gasteiger partial charge in [-0.2, -0.15) is 5.26 Å². The largest absolute Gasteiger partial charge is 0.383 e. The van der Waals surface area contributed by atoms with E-state index in [0.29, 0.717) is 6.07 Å². The van der Waals surface area contributed by atoms with E-state index in [0.717, 1.165) is 0 Å². The molecule has 0 aliphatic rings. The molecule has 2 N–H and O–H groups in total. The second-order valence-corrected chi connectivity index (χ2v) is 2.53. The molecule has 1 heterocycles. The molecule has 0 amide bonds. The van der Waals surface area contributed by atoms with Gasteiger partial charge in [-0.15, -0.1) is 0 Å². The van der Waals surface area contributed by atoms with Gasteiger partial charge in [0.1, 0.15) is 17.3 Å². The number of nitrogens with two attached hydrogens (primary N) is 1. The molecule has 0 radical (unpaired) electrons. The van der Waals surface area contributed by atoms with Gasteiger partial charge < -0.3 is 5.73 Å². The molecule has 0 aliphatic heterocycles. The third-order valence-corrected chi connectivity index (χ3v) is 1.60. The molecule has 1 aromatic heterocycles. The fraction of sp³-hybridized carbons (Fsp3) is 0.250. The van der Waals surface area contributed by atoms with E-state index in [1.807, 2.05) is 0 Å². The number of anilines is 1. The molecule has 0 unspecified atom stereocenters. The van der Waals surface area contributed by atoms with Crippen molar-refractivity contribution in [1.29, 1.82) is 5.26 Å². The summed E-state index contributed by atoms with van der Waals surface area (Å²) in [6.45, 7) is 0. The minimum absolute atomic E-state index is 0.142. The second kappa shape index (κ2) is 3.96. The van der Waals surface area contributed by atoms with E-state index in [-0.39, 0.29) is 17.8 Å². The molecule has 1 rings (SSSR count). The molecule has 0 saturated heterocycles. The minimum Gasteiger partial charge on any atom is -0.383 e. The molecule has 3 nitrogen and oxygen atoms in total. The lowest BCUT2D eigenvalue weighted by Gasteiger charge is -2.05. The predicted molar refractivity (Wildman–Crippen MR) is 42.9 cm³/mol. The Labute approximate surface area is 78.0 Å². The molecule has 0 aliphatic carbocycles. The van der Waals surface area contributed by atoms with Crippen LogP contribution in [0.1, 0.15) is 17.7 Å². The van der Waals surface area contributed by atoms with Crippen LogP contribution in [0.5, 0.6) is 0 Å². The summed E-state index contributed by atoms with van der Waals surface area (Å²) in [7, 11) is 0. The number of alkyl halides is 2. The summed E-state index contributed by atoms with van der Waals surface area (Å²) >= 11 is 0. The Morgan fingerprint density at radius 1 is 1.57 bits per heavy atom. The standard InChI is InChI=1S/C8H6F3N3/c9-5-3-6(7(10)11)14-8(13)4(5)1-2-12/h3,7H,1H2,(H2,13,14). The predicted octanol–water partition coefficient (Wildman–Crippen LogP) is 1.81. The molecule has 0 saturated carbocycles. The van der Waals surface area contributed by atoms with Gasteiger partial charge in [0, 0.05) is 11.6 Å². The first-order valence-electron chi connectivity index (χ1n) is 3.66. The summed E-state index contributed by atoms with van der Waals surface area (Å²) in [5, 5.41) is 8.30. The zero-order chi connectivity index (χ0) is 10.7. The number of rotatable bonds is 2. The smallest absolute Gasteiger partial charge is 0.280 e. The van der Waals surface area contributed by atoms with Gasteiger partial charge >= 0.3 is 0 Å². The highest BCUT2D eigenvalue weighted by molar-refractivity contribution is 5.43. The third-order valence-electron chi connectivity index (χ3n) is 1.60. The fourth-order valence-electron chi connectivity index (χ4n) is 0.944. The summed E-state index contributed by atoms with van der Waals surface area (Å²) in [6.07, 6.45) is -3.16. The lowest BCUT2D eigenvalue weighted by Crippen LogP contribution is -2.04. The highest BCUT2D eigenvalue weighted by atomic mass is 19.3. The SMILES string of the molecule is N#CCc1c(F)cc(C(F)F)nc1N. The lowest BCUT2D eigenvalue weighted by molar-refractivity contribution is 0.145. The van der Waals surface area contributed by atoms with Gasteiger partial charge in [0.15, 0.2) is 0 Å². The maximum absolute atomic E-state index is 13.1. The minimum atomic E-state index is -2.87. The van der Waals surface area contributed by atoms with Crippen molar-refractivity contribution < 1.29 is 13.2 Å². The first kappa shape index (κ1) is 10.3. The van der Waals surface area contributed by atoms with E-state index in [9.17, 15) is 13.2 Å². The highest BCUT2D eigenvalue weighted by Gasteiger charge is 2.15. The zero-order valence-electron chi connectivity index (χ0n) is 6.97. The van der Waals surface area contributed by atoms with Crippen LogP contribution in [0.3, 0.4) is 0 Å². The van der Waals surface area contributed by atoms with Crippen LogP contribution in [0.15, 0.2) is 6.07 Å². The van der Waals surface area contributed by atoms with Gasteiger partial charge in [-0.25, -0.2) is 18.2 Å². The number of nitrogen functional groups attached to an aromatic ring is 1. The van der Waals surface area contributed by atoms with Crippen molar-refractivity contribution in [2.75, 3.05) is 5.73 Å². The number of hydrogen-bond donors (Lipinski definition) is 1. The quantitative estimate of drug-likeness (QED) is 0.793. The third kappa shape index (κ3) is 1.93. The van der Waals surface area contributed by atoms with Crippen LogP contribution in [-0.2, 0) is 6.42 Å². The number of hydrogen-bond acceptors (Lipinski definition) is 3. The highest BCUT2D eigenvalue weighted by Crippen LogP contribution is 2.22. The van der Waals surface area contributed by atoms with Gasteiger partial charge in [0.05, 0.1) is 12.5 Å². The van der Waals surface area contributed by atoms with Crippen molar-refractivity contribution in [2.45, 2.75) is 12.8 Å². The topological polar surface area (TPSA) is 62.7 Å². The van der Waals surface area contributed by atoms with Gasteiger partial charge in [0.25, 0.3) is 6.43 Å². The molecule has 74 valence electrons. The average Bonchev–Trinajstić information content (AvgIpc) is 2.10. The number of aromatic nitrogens is 1. The Morgan fingerprint density at radius 2 is 2.21 bits per heavy atom. The average molecular weight is 201 g/mol. The van der Waals surface area contributed by atoms with Crippen LogP contribution in [-0.4, -0.2) is 4.98 Å². The maximum atomic E-state index is 13.1. The van der Waals surface area contributed by atoms with Crippen LogP contribution < -0.4 is 5.73 Å². The first-order valence-corrected chi connectivity index (χ1v) is 3.66. The van der Waals surface area contributed by atoms with Crippen molar-refractivity contribution in [1.82, 2.24) is 4.98 Å². The molecular formula is C8H6F3N3.